The van der Waals surface area contributed by atoms with Crippen LogP contribution in [0.5, 0.6) is 11.5 Å². The summed E-state index contributed by atoms with van der Waals surface area (Å²) in [6, 6.07) is 23.4. The van der Waals surface area contributed by atoms with Crippen molar-refractivity contribution >= 4 is 45.5 Å². The van der Waals surface area contributed by atoms with Crippen LogP contribution in [0.25, 0.3) is 11.8 Å². The standard InChI is InChI=1S/C32H28BrN3O5/c1-4-40-27-13-11-26(12-14-27)36-31(38)29(30(37)34-32(36)39)18-23-17-20(2)35(21(23)3)25-9-15-28(16-10-25)41-19-22-5-7-24(33)8-6-22/h5-18H,4,19H2,1-3H3,(H,34,37,39)/b29-18+. The molecule has 1 saturated heterocycles. The second-order valence-corrected chi connectivity index (χ2v) is 10.4. The van der Waals surface area contributed by atoms with Crippen molar-refractivity contribution in [1.29, 1.82) is 0 Å². The molecule has 0 atom stereocenters. The van der Waals surface area contributed by atoms with Crippen molar-refractivity contribution in [2.75, 3.05) is 11.5 Å². The Hall–Kier alpha value is -4.63. The molecule has 0 radical (unpaired) electrons. The van der Waals surface area contributed by atoms with E-state index in [0.29, 0.717) is 30.2 Å². The summed E-state index contributed by atoms with van der Waals surface area (Å²) in [6.45, 7) is 6.68. The predicted octanol–water partition coefficient (Wildman–Crippen LogP) is 6.50. The summed E-state index contributed by atoms with van der Waals surface area (Å²) in [5, 5.41) is 2.28. The molecule has 1 N–H and O–H groups in total. The smallest absolute Gasteiger partial charge is 0.335 e. The molecule has 0 saturated carbocycles. The number of urea groups is 1. The Balaban J connectivity index is 1.37. The minimum Gasteiger partial charge on any atom is -0.494 e. The van der Waals surface area contributed by atoms with Gasteiger partial charge in [-0.3, -0.25) is 14.9 Å². The molecule has 2 heterocycles. The molecule has 0 unspecified atom stereocenters. The number of hydrogen-bond acceptors (Lipinski definition) is 5. The number of rotatable bonds is 8. The first-order valence-corrected chi connectivity index (χ1v) is 13.9. The van der Waals surface area contributed by atoms with Gasteiger partial charge in [0.2, 0.25) is 0 Å². The third-order valence-corrected chi connectivity index (χ3v) is 7.22. The van der Waals surface area contributed by atoms with Crippen molar-refractivity contribution in [2.24, 2.45) is 0 Å². The lowest BCUT2D eigenvalue weighted by Gasteiger charge is -2.26. The van der Waals surface area contributed by atoms with Crippen LogP contribution in [0.1, 0.15) is 29.4 Å². The maximum atomic E-state index is 13.4. The summed E-state index contributed by atoms with van der Waals surface area (Å²) in [6.07, 6.45) is 1.53. The molecule has 1 aliphatic rings. The number of imide groups is 2. The third-order valence-electron chi connectivity index (χ3n) is 6.69. The van der Waals surface area contributed by atoms with E-state index in [1.54, 1.807) is 24.3 Å². The number of carbonyl (C=O) groups is 3. The monoisotopic (exact) mass is 613 g/mol. The molecule has 3 aromatic carbocycles. The first-order chi connectivity index (χ1) is 19.7. The topological polar surface area (TPSA) is 89.9 Å². The number of carbonyl (C=O) groups excluding carboxylic acids is 3. The normalized spacial score (nSPS) is 14.4. The van der Waals surface area contributed by atoms with Gasteiger partial charge in [-0.15, -0.1) is 0 Å². The van der Waals surface area contributed by atoms with Crippen LogP contribution in [0.15, 0.2) is 88.9 Å². The maximum Gasteiger partial charge on any atom is 0.335 e. The summed E-state index contributed by atoms with van der Waals surface area (Å²) >= 11 is 3.44. The number of hydrogen-bond donors (Lipinski definition) is 1. The Morgan fingerprint density at radius 1 is 0.829 bits per heavy atom. The number of ether oxygens (including phenoxy) is 2. The van der Waals surface area contributed by atoms with E-state index in [4.69, 9.17) is 9.47 Å². The van der Waals surface area contributed by atoms with E-state index in [-0.39, 0.29) is 5.57 Å². The van der Waals surface area contributed by atoms with Crippen molar-refractivity contribution in [2.45, 2.75) is 27.4 Å². The van der Waals surface area contributed by atoms with Crippen molar-refractivity contribution in [3.05, 3.63) is 111 Å². The molecule has 1 aromatic heterocycles. The van der Waals surface area contributed by atoms with E-state index in [1.807, 2.05) is 79.9 Å². The van der Waals surface area contributed by atoms with Gasteiger partial charge in [-0.2, -0.15) is 0 Å². The minimum atomic E-state index is -0.797. The van der Waals surface area contributed by atoms with E-state index in [9.17, 15) is 14.4 Å². The van der Waals surface area contributed by atoms with Crippen molar-refractivity contribution in [1.82, 2.24) is 9.88 Å². The van der Waals surface area contributed by atoms with Gasteiger partial charge in [0.05, 0.1) is 12.3 Å². The number of nitrogens with one attached hydrogen (secondary N) is 1. The quantitative estimate of drug-likeness (QED) is 0.181. The average molecular weight is 614 g/mol. The van der Waals surface area contributed by atoms with Gasteiger partial charge in [0.15, 0.2) is 0 Å². The largest absolute Gasteiger partial charge is 0.494 e. The van der Waals surface area contributed by atoms with Crippen molar-refractivity contribution in [3.8, 4) is 17.2 Å². The van der Waals surface area contributed by atoms with Gasteiger partial charge in [0.25, 0.3) is 11.8 Å². The lowest BCUT2D eigenvalue weighted by Crippen LogP contribution is -2.54. The molecule has 9 heteroatoms. The summed E-state index contributed by atoms with van der Waals surface area (Å²) in [7, 11) is 0. The summed E-state index contributed by atoms with van der Waals surface area (Å²) < 4.78 is 14.4. The molecular weight excluding hydrogens is 586 g/mol. The Labute approximate surface area is 246 Å². The molecule has 4 aromatic rings. The highest BCUT2D eigenvalue weighted by Gasteiger charge is 2.37. The zero-order valence-electron chi connectivity index (χ0n) is 22.8. The summed E-state index contributed by atoms with van der Waals surface area (Å²) in [5.74, 6) is -0.0752. The molecule has 208 valence electrons. The Morgan fingerprint density at radius 2 is 1.44 bits per heavy atom. The zero-order valence-corrected chi connectivity index (χ0v) is 24.4. The van der Waals surface area contributed by atoms with Crippen LogP contribution in [-0.4, -0.2) is 29.0 Å². The van der Waals surface area contributed by atoms with Gasteiger partial charge in [-0.05, 0) is 105 Å². The first-order valence-electron chi connectivity index (χ1n) is 13.1. The number of benzene rings is 3. The number of barbiturate groups is 1. The van der Waals surface area contributed by atoms with Crippen LogP contribution < -0.4 is 19.7 Å². The van der Waals surface area contributed by atoms with Gasteiger partial charge in [-0.1, -0.05) is 28.1 Å². The van der Waals surface area contributed by atoms with Gasteiger partial charge < -0.3 is 14.0 Å². The number of halogens is 1. The number of aromatic nitrogens is 1. The number of nitrogens with zero attached hydrogens (tertiary/aromatic N) is 2. The van der Waals surface area contributed by atoms with Crippen LogP contribution in [-0.2, 0) is 16.2 Å². The highest BCUT2D eigenvalue weighted by molar-refractivity contribution is 9.10. The van der Waals surface area contributed by atoms with E-state index in [1.165, 1.54) is 6.08 Å². The maximum absolute atomic E-state index is 13.4. The molecule has 1 fully saturated rings. The van der Waals surface area contributed by atoms with Crippen molar-refractivity contribution in [3.63, 3.8) is 0 Å². The fraction of sp³-hybridized carbons (Fsp3) is 0.156. The third kappa shape index (κ3) is 5.95. The number of aryl methyl sites for hydroxylation is 1. The molecule has 8 nitrogen and oxygen atoms in total. The minimum absolute atomic E-state index is 0.129. The first kappa shape index (κ1) is 27.9. The van der Waals surface area contributed by atoms with Crippen molar-refractivity contribution < 1.29 is 23.9 Å². The molecule has 41 heavy (non-hydrogen) atoms. The molecular formula is C32H28BrN3O5. The zero-order chi connectivity index (χ0) is 29.1. The van der Waals surface area contributed by atoms with Crippen LogP contribution in [0.2, 0.25) is 0 Å². The van der Waals surface area contributed by atoms with E-state index >= 15 is 0 Å². The van der Waals surface area contributed by atoms with E-state index < -0.39 is 17.8 Å². The van der Waals surface area contributed by atoms with E-state index in [0.717, 1.165) is 37.8 Å². The Morgan fingerprint density at radius 3 is 2.07 bits per heavy atom. The molecule has 5 rings (SSSR count). The highest BCUT2D eigenvalue weighted by Crippen LogP contribution is 2.28. The molecule has 0 aliphatic carbocycles. The van der Waals surface area contributed by atoms with Gasteiger partial charge in [0.1, 0.15) is 23.7 Å². The van der Waals surface area contributed by atoms with Crippen LogP contribution in [0.3, 0.4) is 0 Å². The second kappa shape index (κ2) is 11.9. The van der Waals surface area contributed by atoms with Gasteiger partial charge in [0, 0.05) is 21.5 Å². The average Bonchev–Trinajstić information content (AvgIpc) is 3.24. The summed E-state index contributed by atoms with van der Waals surface area (Å²) in [4.78, 5) is 39.7. The lowest BCUT2D eigenvalue weighted by atomic mass is 10.1. The second-order valence-electron chi connectivity index (χ2n) is 9.46. The summed E-state index contributed by atoms with van der Waals surface area (Å²) in [5.41, 5.74) is 4.63. The molecule has 1 aliphatic heterocycles. The molecule has 0 spiro atoms. The number of anilines is 1. The number of amides is 4. The van der Waals surface area contributed by atoms with Gasteiger partial charge in [-0.25, -0.2) is 9.69 Å². The van der Waals surface area contributed by atoms with E-state index in [2.05, 4.69) is 21.2 Å². The predicted molar refractivity (Wildman–Crippen MR) is 160 cm³/mol. The molecule has 4 amide bonds. The van der Waals surface area contributed by atoms with Crippen LogP contribution >= 0.6 is 15.9 Å². The fourth-order valence-electron chi connectivity index (χ4n) is 4.68. The highest BCUT2D eigenvalue weighted by atomic mass is 79.9. The lowest BCUT2D eigenvalue weighted by molar-refractivity contribution is -0.122. The fourth-order valence-corrected chi connectivity index (χ4v) is 4.94. The van der Waals surface area contributed by atoms with Gasteiger partial charge >= 0.3 is 6.03 Å². The Bertz CT molecular complexity index is 1640. The Kier molecular flexibility index (Phi) is 8.07. The van der Waals surface area contributed by atoms with Crippen LogP contribution in [0.4, 0.5) is 10.5 Å². The molecule has 0 bridgehead atoms. The SMILES string of the molecule is CCOc1ccc(N2C(=O)NC(=O)/C(=C\c3cc(C)n(-c4ccc(OCc5ccc(Br)cc5)cc4)c3C)C2=O)cc1. The van der Waals surface area contributed by atoms with Crippen LogP contribution in [0, 0.1) is 13.8 Å².